The number of hydrogen-bond donors (Lipinski definition) is 1. The van der Waals surface area contributed by atoms with E-state index in [0.717, 1.165) is 31.6 Å². The van der Waals surface area contributed by atoms with Crippen molar-refractivity contribution in [3.05, 3.63) is 35.5 Å². The molecule has 16 heavy (non-hydrogen) atoms. The third kappa shape index (κ3) is 2.14. The lowest BCUT2D eigenvalue weighted by Crippen LogP contribution is -2.21. The van der Waals surface area contributed by atoms with Crippen LogP contribution in [0.25, 0.3) is 0 Å². The Bertz CT molecular complexity index is 368. The molecule has 0 amide bonds. The first-order valence-electron chi connectivity index (χ1n) is 5.91. The van der Waals surface area contributed by atoms with E-state index in [1.54, 1.807) is 6.26 Å². The van der Waals surface area contributed by atoms with E-state index in [4.69, 9.17) is 9.15 Å². The summed E-state index contributed by atoms with van der Waals surface area (Å²) in [6.45, 7) is 2.95. The molecule has 0 bridgehead atoms. The third-order valence-corrected chi connectivity index (χ3v) is 3.03. The molecular weight excluding hydrogens is 202 g/mol. The van der Waals surface area contributed by atoms with Crippen LogP contribution in [0.4, 0.5) is 0 Å². The summed E-state index contributed by atoms with van der Waals surface area (Å²) in [6.07, 6.45) is 6.79. The van der Waals surface area contributed by atoms with E-state index in [-0.39, 0.29) is 6.04 Å². The molecule has 1 unspecified atom stereocenters. The molecule has 0 fully saturated rings. The van der Waals surface area contributed by atoms with Gasteiger partial charge in [-0.15, -0.1) is 0 Å². The predicted molar refractivity (Wildman–Crippen MR) is 63.2 cm³/mol. The van der Waals surface area contributed by atoms with Crippen molar-refractivity contribution < 1.29 is 9.15 Å². The standard InChI is InChI=1S/C13H19NO2/c1-3-12-11(6-8-16-12)13(14-2)10-5-4-7-15-9-10/h6,8-9,13-14H,3-5,7H2,1-2H3. The highest BCUT2D eigenvalue weighted by molar-refractivity contribution is 5.30. The van der Waals surface area contributed by atoms with Crippen molar-refractivity contribution in [2.45, 2.75) is 32.2 Å². The Hall–Kier alpha value is -1.22. The van der Waals surface area contributed by atoms with Crippen molar-refractivity contribution >= 4 is 0 Å². The largest absolute Gasteiger partial charge is 0.501 e. The quantitative estimate of drug-likeness (QED) is 0.849. The molecule has 1 aliphatic heterocycles. The Morgan fingerprint density at radius 2 is 2.38 bits per heavy atom. The Kier molecular flexibility index (Phi) is 3.67. The van der Waals surface area contributed by atoms with E-state index in [9.17, 15) is 0 Å². The minimum atomic E-state index is 0.231. The van der Waals surface area contributed by atoms with Gasteiger partial charge in [0.2, 0.25) is 0 Å². The molecule has 0 saturated heterocycles. The number of furan rings is 1. The molecule has 0 saturated carbocycles. The lowest BCUT2D eigenvalue weighted by atomic mass is 9.95. The van der Waals surface area contributed by atoms with Crippen LogP contribution >= 0.6 is 0 Å². The summed E-state index contributed by atoms with van der Waals surface area (Å²) in [5.74, 6) is 1.06. The van der Waals surface area contributed by atoms with Gasteiger partial charge in [0.05, 0.1) is 25.2 Å². The number of aryl methyl sites for hydroxylation is 1. The van der Waals surface area contributed by atoms with Crippen LogP contribution in [0.1, 0.15) is 37.1 Å². The van der Waals surface area contributed by atoms with Gasteiger partial charge in [0.15, 0.2) is 0 Å². The molecule has 2 rings (SSSR count). The van der Waals surface area contributed by atoms with Crippen LogP contribution in [-0.2, 0) is 11.2 Å². The summed E-state index contributed by atoms with van der Waals surface area (Å²) in [5, 5.41) is 3.34. The van der Waals surface area contributed by atoms with Gasteiger partial charge in [-0.2, -0.15) is 0 Å². The third-order valence-electron chi connectivity index (χ3n) is 3.03. The fourth-order valence-electron chi connectivity index (χ4n) is 2.23. The lowest BCUT2D eigenvalue weighted by molar-refractivity contribution is 0.220. The van der Waals surface area contributed by atoms with Gasteiger partial charge < -0.3 is 14.5 Å². The van der Waals surface area contributed by atoms with Crippen molar-refractivity contribution in [3.8, 4) is 0 Å². The highest BCUT2D eigenvalue weighted by Crippen LogP contribution is 2.30. The van der Waals surface area contributed by atoms with Gasteiger partial charge in [-0.25, -0.2) is 0 Å². The first-order chi connectivity index (χ1) is 7.86. The minimum absolute atomic E-state index is 0.231. The lowest BCUT2D eigenvalue weighted by Gasteiger charge is -2.22. The smallest absolute Gasteiger partial charge is 0.108 e. The van der Waals surface area contributed by atoms with E-state index in [1.807, 2.05) is 13.3 Å². The molecule has 1 aromatic rings. The van der Waals surface area contributed by atoms with Gasteiger partial charge in [0.1, 0.15) is 5.76 Å². The summed E-state index contributed by atoms with van der Waals surface area (Å²) in [7, 11) is 1.98. The normalized spacial score (nSPS) is 17.8. The molecule has 3 nitrogen and oxygen atoms in total. The number of likely N-dealkylation sites (N-methyl/N-ethyl adjacent to an activating group) is 1. The van der Waals surface area contributed by atoms with Gasteiger partial charge in [0, 0.05) is 12.0 Å². The summed E-state index contributed by atoms with van der Waals surface area (Å²) < 4.78 is 10.9. The van der Waals surface area contributed by atoms with Gasteiger partial charge in [-0.05, 0) is 31.5 Å². The monoisotopic (exact) mass is 221 g/mol. The number of nitrogens with one attached hydrogen (secondary N) is 1. The van der Waals surface area contributed by atoms with Crippen LogP contribution in [-0.4, -0.2) is 13.7 Å². The van der Waals surface area contributed by atoms with Gasteiger partial charge >= 0.3 is 0 Å². The summed E-state index contributed by atoms with van der Waals surface area (Å²) in [6, 6.07) is 2.28. The number of rotatable bonds is 4. The van der Waals surface area contributed by atoms with Crippen LogP contribution in [0, 0.1) is 0 Å². The van der Waals surface area contributed by atoms with Crippen molar-refractivity contribution in [2.75, 3.05) is 13.7 Å². The number of hydrogen-bond acceptors (Lipinski definition) is 3. The average molecular weight is 221 g/mol. The molecular formula is C13H19NO2. The number of ether oxygens (including phenoxy) is 1. The Morgan fingerprint density at radius 3 is 3.00 bits per heavy atom. The minimum Gasteiger partial charge on any atom is -0.501 e. The zero-order valence-corrected chi connectivity index (χ0v) is 9.95. The fraction of sp³-hybridized carbons (Fsp3) is 0.538. The zero-order valence-electron chi connectivity index (χ0n) is 9.95. The first kappa shape index (κ1) is 11.3. The van der Waals surface area contributed by atoms with Crippen LogP contribution in [0.5, 0.6) is 0 Å². The summed E-state index contributed by atoms with van der Waals surface area (Å²) >= 11 is 0. The van der Waals surface area contributed by atoms with E-state index in [2.05, 4.69) is 18.3 Å². The van der Waals surface area contributed by atoms with E-state index in [1.165, 1.54) is 11.1 Å². The van der Waals surface area contributed by atoms with Gasteiger partial charge in [-0.3, -0.25) is 0 Å². The van der Waals surface area contributed by atoms with Crippen molar-refractivity contribution in [3.63, 3.8) is 0 Å². The molecule has 3 heteroatoms. The maximum absolute atomic E-state index is 5.48. The molecule has 0 radical (unpaired) electrons. The molecule has 0 aromatic carbocycles. The second kappa shape index (κ2) is 5.21. The molecule has 1 aliphatic rings. The molecule has 88 valence electrons. The summed E-state index contributed by atoms with van der Waals surface area (Å²) in [5.41, 5.74) is 2.55. The zero-order chi connectivity index (χ0) is 11.4. The predicted octanol–water partition coefficient (Wildman–Crippen LogP) is 2.80. The van der Waals surface area contributed by atoms with E-state index >= 15 is 0 Å². The highest BCUT2D eigenvalue weighted by Gasteiger charge is 2.21. The molecule has 1 N–H and O–H groups in total. The van der Waals surface area contributed by atoms with Crippen LogP contribution in [0.2, 0.25) is 0 Å². The SMILES string of the molecule is CCc1occc1C(NC)C1=COCCC1. The Balaban J connectivity index is 2.24. The van der Waals surface area contributed by atoms with Crippen molar-refractivity contribution in [1.82, 2.24) is 5.32 Å². The van der Waals surface area contributed by atoms with Crippen LogP contribution in [0.15, 0.2) is 28.6 Å². The molecule has 2 heterocycles. The second-order valence-corrected chi connectivity index (χ2v) is 4.04. The van der Waals surface area contributed by atoms with Crippen molar-refractivity contribution in [1.29, 1.82) is 0 Å². The maximum atomic E-state index is 5.48. The Labute approximate surface area is 96.5 Å². The topological polar surface area (TPSA) is 34.4 Å². The van der Waals surface area contributed by atoms with Crippen LogP contribution in [0.3, 0.4) is 0 Å². The van der Waals surface area contributed by atoms with Crippen LogP contribution < -0.4 is 5.32 Å². The second-order valence-electron chi connectivity index (χ2n) is 4.04. The fourth-order valence-corrected chi connectivity index (χ4v) is 2.23. The first-order valence-corrected chi connectivity index (χ1v) is 5.91. The molecule has 1 aromatic heterocycles. The highest BCUT2D eigenvalue weighted by atomic mass is 16.5. The summed E-state index contributed by atoms with van der Waals surface area (Å²) in [4.78, 5) is 0. The van der Waals surface area contributed by atoms with Crippen molar-refractivity contribution in [2.24, 2.45) is 0 Å². The Morgan fingerprint density at radius 1 is 1.50 bits per heavy atom. The van der Waals surface area contributed by atoms with E-state index < -0.39 is 0 Å². The van der Waals surface area contributed by atoms with Gasteiger partial charge in [0.25, 0.3) is 0 Å². The molecule has 1 atom stereocenters. The van der Waals surface area contributed by atoms with Gasteiger partial charge in [-0.1, -0.05) is 6.92 Å². The average Bonchev–Trinajstić information content (AvgIpc) is 2.80. The van der Waals surface area contributed by atoms with E-state index in [0.29, 0.717) is 0 Å². The maximum Gasteiger partial charge on any atom is 0.108 e. The molecule has 0 spiro atoms. The molecule has 0 aliphatic carbocycles.